The highest BCUT2D eigenvalue weighted by molar-refractivity contribution is 6.31. The molecule has 0 radical (unpaired) electrons. The summed E-state index contributed by atoms with van der Waals surface area (Å²) in [6.07, 6.45) is 1.59. The van der Waals surface area contributed by atoms with E-state index in [0.717, 1.165) is 26.8 Å². The molecule has 1 heterocycles. The maximum Gasteiger partial charge on any atom is 0.329 e. The van der Waals surface area contributed by atoms with Crippen molar-refractivity contribution in [1.82, 2.24) is 10.2 Å². The predicted octanol–water partition coefficient (Wildman–Crippen LogP) is 5.91. The van der Waals surface area contributed by atoms with E-state index in [9.17, 15) is 14.4 Å². The first-order valence-electron chi connectivity index (χ1n) is 12.0. The number of amides is 4. The van der Waals surface area contributed by atoms with Crippen molar-refractivity contribution in [1.29, 1.82) is 0 Å². The van der Waals surface area contributed by atoms with Crippen molar-refractivity contribution in [3.05, 3.63) is 112 Å². The Hall–Kier alpha value is -4.62. The fourth-order valence-electron chi connectivity index (χ4n) is 4.16. The van der Waals surface area contributed by atoms with Crippen molar-refractivity contribution >= 4 is 52.0 Å². The van der Waals surface area contributed by atoms with Crippen LogP contribution in [0.5, 0.6) is 5.75 Å². The normalized spacial score (nSPS) is 14.2. The summed E-state index contributed by atoms with van der Waals surface area (Å²) in [5, 5.41) is 7.68. The molecule has 0 saturated carbocycles. The van der Waals surface area contributed by atoms with Crippen LogP contribution in [0, 0.1) is 6.92 Å². The number of imide groups is 1. The van der Waals surface area contributed by atoms with Gasteiger partial charge in [0.05, 0.1) is 0 Å². The Bertz CT molecular complexity index is 1580. The standard InChI is InChI=1S/C30H24ClN3O4/c1-19-10-13-22(14-11-19)32-28(35)17-34-29(36)26(33-30(34)37)16-24-23-8-4-2-6-20(23)12-15-27(24)38-18-21-7-3-5-9-25(21)31/h2-16H,17-18H2,1H3,(H,32,35)(H,33,37)/b26-16+. The quantitative estimate of drug-likeness (QED) is 0.232. The van der Waals surface area contributed by atoms with Gasteiger partial charge in [-0.15, -0.1) is 0 Å². The molecule has 4 aromatic carbocycles. The van der Waals surface area contributed by atoms with Gasteiger partial charge in [0.15, 0.2) is 0 Å². The second-order valence-electron chi connectivity index (χ2n) is 8.87. The third kappa shape index (κ3) is 5.38. The zero-order valence-corrected chi connectivity index (χ0v) is 21.3. The van der Waals surface area contributed by atoms with E-state index in [4.69, 9.17) is 16.3 Å². The first-order valence-corrected chi connectivity index (χ1v) is 12.4. The van der Waals surface area contributed by atoms with Crippen LogP contribution in [-0.4, -0.2) is 29.3 Å². The van der Waals surface area contributed by atoms with E-state index in [1.165, 1.54) is 0 Å². The minimum absolute atomic E-state index is 0.0529. The lowest BCUT2D eigenvalue weighted by atomic mass is 10.0. The molecule has 0 unspecified atom stereocenters. The molecule has 0 spiro atoms. The molecular weight excluding hydrogens is 502 g/mol. The van der Waals surface area contributed by atoms with Gasteiger partial charge in [0.1, 0.15) is 24.6 Å². The van der Waals surface area contributed by atoms with Crippen LogP contribution in [0.15, 0.2) is 90.6 Å². The lowest BCUT2D eigenvalue weighted by Crippen LogP contribution is -2.38. The van der Waals surface area contributed by atoms with Gasteiger partial charge in [0, 0.05) is 21.8 Å². The molecule has 1 fully saturated rings. The van der Waals surface area contributed by atoms with Crippen molar-refractivity contribution in [2.24, 2.45) is 0 Å². The van der Waals surface area contributed by atoms with Crippen LogP contribution in [0.3, 0.4) is 0 Å². The Balaban J connectivity index is 1.40. The highest BCUT2D eigenvalue weighted by Gasteiger charge is 2.35. The van der Waals surface area contributed by atoms with Crippen LogP contribution in [0.1, 0.15) is 16.7 Å². The number of nitrogens with one attached hydrogen (secondary N) is 2. The molecule has 1 aliphatic rings. The largest absolute Gasteiger partial charge is 0.488 e. The van der Waals surface area contributed by atoms with E-state index in [2.05, 4.69) is 10.6 Å². The summed E-state index contributed by atoms with van der Waals surface area (Å²) in [6.45, 7) is 1.75. The Labute approximate surface area is 224 Å². The number of hydrogen-bond acceptors (Lipinski definition) is 4. The summed E-state index contributed by atoms with van der Waals surface area (Å²) in [5.74, 6) is -0.555. The Morgan fingerprint density at radius 1 is 0.974 bits per heavy atom. The van der Waals surface area contributed by atoms with Gasteiger partial charge in [0.25, 0.3) is 5.91 Å². The minimum atomic E-state index is -0.668. The Morgan fingerprint density at radius 3 is 2.50 bits per heavy atom. The Kier molecular flexibility index (Phi) is 7.11. The number of anilines is 1. The minimum Gasteiger partial charge on any atom is -0.488 e. The van der Waals surface area contributed by atoms with Crippen LogP contribution in [0.2, 0.25) is 5.02 Å². The van der Waals surface area contributed by atoms with Crippen LogP contribution in [0.25, 0.3) is 16.8 Å². The summed E-state index contributed by atoms with van der Waals surface area (Å²) in [4.78, 5) is 39.2. The molecule has 1 aliphatic heterocycles. The predicted molar refractivity (Wildman–Crippen MR) is 148 cm³/mol. The third-order valence-electron chi connectivity index (χ3n) is 6.16. The molecule has 7 nitrogen and oxygen atoms in total. The van der Waals surface area contributed by atoms with Crippen LogP contribution >= 0.6 is 11.6 Å². The number of hydrogen-bond donors (Lipinski definition) is 2. The summed E-state index contributed by atoms with van der Waals surface area (Å²) in [5.41, 5.74) is 3.13. The van der Waals surface area contributed by atoms with Crippen LogP contribution in [-0.2, 0) is 16.2 Å². The number of aryl methyl sites for hydroxylation is 1. The fraction of sp³-hybridized carbons (Fsp3) is 0.100. The monoisotopic (exact) mass is 525 g/mol. The molecule has 0 bridgehead atoms. The number of carbonyl (C=O) groups excluding carboxylic acids is 3. The highest BCUT2D eigenvalue weighted by Crippen LogP contribution is 2.32. The summed E-state index contributed by atoms with van der Waals surface area (Å²) in [6, 6.07) is 25.4. The molecule has 4 aromatic rings. The Morgan fingerprint density at radius 2 is 1.71 bits per heavy atom. The van der Waals surface area contributed by atoms with E-state index in [-0.39, 0.29) is 12.3 Å². The first kappa shape index (κ1) is 25.0. The van der Waals surface area contributed by atoms with E-state index in [0.29, 0.717) is 22.0 Å². The topological polar surface area (TPSA) is 87.7 Å². The summed E-state index contributed by atoms with van der Waals surface area (Å²) >= 11 is 6.29. The average Bonchev–Trinajstić information content (AvgIpc) is 3.17. The lowest BCUT2D eigenvalue weighted by Gasteiger charge is -2.14. The smallest absolute Gasteiger partial charge is 0.329 e. The molecule has 0 aromatic heterocycles. The maximum absolute atomic E-state index is 13.2. The second-order valence-corrected chi connectivity index (χ2v) is 9.28. The van der Waals surface area contributed by atoms with Gasteiger partial charge >= 0.3 is 6.03 Å². The van der Waals surface area contributed by atoms with Gasteiger partial charge in [-0.2, -0.15) is 0 Å². The molecule has 5 rings (SSSR count). The van der Waals surface area contributed by atoms with Gasteiger partial charge in [-0.3, -0.25) is 9.59 Å². The number of carbonyl (C=O) groups is 3. The molecule has 2 N–H and O–H groups in total. The summed E-state index contributed by atoms with van der Waals surface area (Å²) in [7, 11) is 0. The van der Waals surface area contributed by atoms with Crippen molar-refractivity contribution in [2.75, 3.05) is 11.9 Å². The molecule has 0 aliphatic carbocycles. The highest BCUT2D eigenvalue weighted by atomic mass is 35.5. The molecule has 8 heteroatoms. The number of nitrogens with zero attached hydrogens (tertiary/aromatic N) is 1. The van der Waals surface area contributed by atoms with Gasteiger partial charge in [-0.1, -0.05) is 77.8 Å². The molecule has 190 valence electrons. The number of rotatable bonds is 7. The van der Waals surface area contributed by atoms with E-state index in [1.807, 2.05) is 73.7 Å². The zero-order chi connectivity index (χ0) is 26.6. The average molecular weight is 526 g/mol. The van der Waals surface area contributed by atoms with E-state index >= 15 is 0 Å². The molecule has 0 atom stereocenters. The second kappa shape index (κ2) is 10.8. The number of halogens is 1. The molecular formula is C30H24ClN3O4. The molecule has 4 amide bonds. The van der Waals surface area contributed by atoms with Crippen molar-refractivity contribution in [3.8, 4) is 5.75 Å². The number of fused-ring (bicyclic) bond motifs is 1. The van der Waals surface area contributed by atoms with Gasteiger partial charge < -0.3 is 15.4 Å². The summed E-state index contributed by atoms with van der Waals surface area (Å²) < 4.78 is 6.12. The zero-order valence-electron chi connectivity index (χ0n) is 20.5. The SMILES string of the molecule is Cc1ccc(NC(=O)CN2C(=O)N/C(=C/c3c(OCc4ccccc4Cl)ccc4ccccc34)C2=O)cc1. The van der Waals surface area contributed by atoms with Gasteiger partial charge in [-0.05, 0) is 48.0 Å². The molecule has 38 heavy (non-hydrogen) atoms. The van der Waals surface area contributed by atoms with Gasteiger partial charge in [0.2, 0.25) is 5.91 Å². The van der Waals surface area contributed by atoms with Crippen LogP contribution in [0.4, 0.5) is 10.5 Å². The third-order valence-corrected chi connectivity index (χ3v) is 6.53. The van der Waals surface area contributed by atoms with E-state index < -0.39 is 24.4 Å². The number of benzene rings is 4. The fourth-order valence-corrected chi connectivity index (χ4v) is 4.35. The van der Waals surface area contributed by atoms with Crippen LogP contribution < -0.4 is 15.4 Å². The van der Waals surface area contributed by atoms with Crippen molar-refractivity contribution in [3.63, 3.8) is 0 Å². The van der Waals surface area contributed by atoms with Gasteiger partial charge in [-0.25, -0.2) is 9.69 Å². The maximum atomic E-state index is 13.2. The van der Waals surface area contributed by atoms with E-state index in [1.54, 1.807) is 24.3 Å². The number of ether oxygens (including phenoxy) is 1. The van der Waals surface area contributed by atoms with Crippen molar-refractivity contribution in [2.45, 2.75) is 13.5 Å². The first-order chi connectivity index (χ1) is 18.4. The lowest BCUT2D eigenvalue weighted by molar-refractivity contribution is -0.127. The number of urea groups is 1. The van der Waals surface area contributed by atoms with Crippen molar-refractivity contribution < 1.29 is 19.1 Å². The molecule has 1 saturated heterocycles.